The fraction of sp³-hybridized carbons (Fsp3) is 0.462. The molecule has 0 radical (unpaired) electrons. The van der Waals surface area contributed by atoms with Gasteiger partial charge in [0.1, 0.15) is 0 Å². The predicted octanol–water partition coefficient (Wildman–Crippen LogP) is 2.82. The zero-order chi connectivity index (χ0) is 12.3. The normalized spacial score (nSPS) is 11.2. The van der Waals surface area contributed by atoms with Crippen molar-refractivity contribution < 1.29 is 4.79 Å². The van der Waals surface area contributed by atoms with Crippen LogP contribution in [0.2, 0.25) is 0 Å². The molecule has 3 heteroatoms. The second-order valence-electron chi connectivity index (χ2n) is 4.97. The monoisotopic (exact) mass is 220 g/mol. The Labute approximate surface area is 97.0 Å². The molecule has 0 spiro atoms. The Balaban J connectivity index is 2.93. The highest BCUT2D eigenvalue weighted by atomic mass is 16.2. The number of carbonyl (C=O) groups excluding carboxylic acids is 1. The average Bonchev–Trinajstić information content (AvgIpc) is 2.19. The molecule has 0 saturated heterocycles. The minimum Gasteiger partial charge on any atom is -0.399 e. The number of rotatable bonds is 2. The number of nitrogens with two attached hydrogens (primary N) is 1. The molecule has 0 atom stereocenters. The first-order chi connectivity index (χ1) is 7.34. The highest BCUT2D eigenvalue weighted by molar-refractivity contribution is 5.95. The van der Waals surface area contributed by atoms with Crippen LogP contribution in [0.25, 0.3) is 0 Å². The third-order valence-electron chi connectivity index (χ3n) is 2.44. The van der Waals surface area contributed by atoms with Gasteiger partial charge in [-0.3, -0.25) is 4.79 Å². The van der Waals surface area contributed by atoms with Gasteiger partial charge in [-0.05, 0) is 30.2 Å². The number of nitrogen functional groups attached to an aromatic ring is 1. The summed E-state index contributed by atoms with van der Waals surface area (Å²) < 4.78 is 0. The van der Waals surface area contributed by atoms with E-state index in [1.807, 2.05) is 39.8 Å². The molecule has 16 heavy (non-hydrogen) atoms. The molecule has 1 aromatic rings. The van der Waals surface area contributed by atoms with E-state index in [9.17, 15) is 4.79 Å². The summed E-state index contributed by atoms with van der Waals surface area (Å²) in [6, 6.07) is 5.56. The minimum absolute atomic E-state index is 0.0203. The molecule has 0 aliphatic carbocycles. The molecule has 3 N–H and O–H groups in total. The van der Waals surface area contributed by atoms with E-state index < -0.39 is 0 Å². The van der Waals surface area contributed by atoms with Crippen molar-refractivity contribution in [1.29, 1.82) is 0 Å². The summed E-state index contributed by atoms with van der Waals surface area (Å²) in [6.07, 6.45) is 0.852. The summed E-state index contributed by atoms with van der Waals surface area (Å²) >= 11 is 0. The van der Waals surface area contributed by atoms with Crippen LogP contribution in [-0.4, -0.2) is 5.91 Å². The van der Waals surface area contributed by atoms with Crippen molar-refractivity contribution >= 4 is 17.3 Å². The van der Waals surface area contributed by atoms with Gasteiger partial charge in [-0.25, -0.2) is 0 Å². The maximum absolute atomic E-state index is 11.8. The van der Waals surface area contributed by atoms with Crippen LogP contribution in [-0.2, 0) is 11.2 Å². The number of nitrogens with one attached hydrogen (secondary N) is 1. The van der Waals surface area contributed by atoms with Crippen LogP contribution in [0.4, 0.5) is 11.4 Å². The van der Waals surface area contributed by atoms with E-state index in [4.69, 9.17) is 5.73 Å². The van der Waals surface area contributed by atoms with E-state index >= 15 is 0 Å². The van der Waals surface area contributed by atoms with Gasteiger partial charge in [-0.2, -0.15) is 0 Å². The molecular formula is C13H20N2O. The van der Waals surface area contributed by atoms with Crippen molar-refractivity contribution in [3.8, 4) is 0 Å². The van der Waals surface area contributed by atoms with Gasteiger partial charge < -0.3 is 11.1 Å². The van der Waals surface area contributed by atoms with Crippen LogP contribution in [0.5, 0.6) is 0 Å². The summed E-state index contributed by atoms with van der Waals surface area (Å²) in [6.45, 7) is 7.73. The standard InChI is InChI=1S/C13H20N2O/c1-5-9-8-10(14)6-7-11(9)15-12(16)13(2,3)4/h6-8H,5,14H2,1-4H3,(H,15,16). The second-order valence-corrected chi connectivity index (χ2v) is 4.97. The Hall–Kier alpha value is -1.51. The molecule has 1 amide bonds. The smallest absolute Gasteiger partial charge is 0.229 e. The van der Waals surface area contributed by atoms with E-state index in [1.54, 1.807) is 6.07 Å². The maximum atomic E-state index is 11.8. The van der Waals surface area contributed by atoms with E-state index in [0.717, 1.165) is 23.4 Å². The van der Waals surface area contributed by atoms with Gasteiger partial charge in [0.2, 0.25) is 5.91 Å². The lowest BCUT2D eigenvalue weighted by Crippen LogP contribution is -2.28. The van der Waals surface area contributed by atoms with Crippen molar-refractivity contribution in [3.63, 3.8) is 0 Å². The van der Waals surface area contributed by atoms with Crippen molar-refractivity contribution in [1.82, 2.24) is 0 Å². The van der Waals surface area contributed by atoms with Crippen LogP contribution in [0.15, 0.2) is 18.2 Å². The highest BCUT2D eigenvalue weighted by Crippen LogP contribution is 2.22. The summed E-state index contributed by atoms with van der Waals surface area (Å²) in [5.41, 5.74) is 7.98. The zero-order valence-corrected chi connectivity index (χ0v) is 10.4. The number of hydrogen-bond donors (Lipinski definition) is 2. The number of benzene rings is 1. The summed E-state index contributed by atoms with van der Waals surface area (Å²) in [4.78, 5) is 11.8. The largest absolute Gasteiger partial charge is 0.399 e. The molecule has 0 fully saturated rings. The average molecular weight is 220 g/mol. The first kappa shape index (κ1) is 12.6. The fourth-order valence-electron chi connectivity index (χ4n) is 1.34. The summed E-state index contributed by atoms with van der Waals surface area (Å²) in [5.74, 6) is 0.0203. The third kappa shape index (κ3) is 2.99. The number of anilines is 2. The maximum Gasteiger partial charge on any atom is 0.229 e. The van der Waals surface area contributed by atoms with E-state index in [0.29, 0.717) is 0 Å². The Morgan fingerprint density at radius 2 is 2.00 bits per heavy atom. The van der Waals surface area contributed by atoms with E-state index in [-0.39, 0.29) is 11.3 Å². The summed E-state index contributed by atoms with van der Waals surface area (Å²) in [5, 5.41) is 2.93. The van der Waals surface area contributed by atoms with Crippen LogP contribution in [0.3, 0.4) is 0 Å². The SMILES string of the molecule is CCc1cc(N)ccc1NC(=O)C(C)(C)C. The van der Waals surface area contributed by atoms with Crippen molar-refractivity contribution in [2.24, 2.45) is 5.41 Å². The molecule has 88 valence electrons. The molecule has 3 nitrogen and oxygen atoms in total. The van der Waals surface area contributed by atoms with Gasteiger partial charge >= 0.3 is 0 Å². The lowest BCUT2D eigenvalue weighted by molar-refractivity contribution is -0.123. The molecule has 1 rings (SSSR count). The Bertz CT molecular complexity index is 391. The van der Waals surface area contributed by atoms with Gasteiger partial charge in [0.25, 0.3) is 0 Å². The van der Waals surface area contributed by atoms with Crippen molar-refractivity contribution in [2.45, 2.75) is 34.1 Å². The molecule has 0 unspecified atom stereocenters. The van der Waals surface area contributed by atoms with Crippen LogP contribution < -0.4 is 11.1 Å². The molecular weight excluding hydrogens is 200 g/mol. The quantitative estimate of drug-likeness (QED) is 0.753. The second kappa shape index (κ2) is 4.56. The molecule has 0 bridgehead atoms. The molecule has 0 aliphatic heterocycles. The van der Waals surface area contributed by atoms with E-state index in [1.165, 1.54) is 0 Å². The van der Waals surface area contributed by atoms with Gasteiger partial charge in [0.15, 0.2) is 0 Å². The van der Waals surface area contributed by atoms with Crippen LogP contribution in [0, 0.1) is 5.41 Å². The van der Waals surface area contributed by atoms with E-state index in [2.05, 4.69) is 5.32 Å². The lowest BCUT2D eigenvalue weighted by atomic mass is 9.95. The number of aryl methyl sites for hydroxylation is 1. The minimum atomic E-state index is -0.383. The number of carbonyl (C=O) groups is 1. The third-order valence-corrected chi connectivity index (χ3v) is 2.44. The molecule has 0 aliphatic rings. The zero-order valence-electron chi connectivity index (χ0n) is 10.4. The molecule has 0 aromatic heterocycles. The van der Waals surface area contributed by atoms with Crippen LogP contribution in [0.1, 0.15) is 33.3 Å². The van der Waals surface area contributed by atoms with Crippen LogP contribution >= 0.6 is 0 Å². The lowest BCUT2D eigenvalue weighted by Gasteiger charge is -2.19. The highest BCUT2D eigenvalue weighted by Gasteiger charge is 2.21. The van der Waals surface area contributed by atoms with Crippen molar-refractivity contribution in [2.75, 3.05) is 11.1 Å². The van der Waals surface area contributed by atoms with Crippen molar-refractivity contribution in [3.05, 3.63) is 23.8 Å². The first-order valence-corrected chi connectivity index (χ1v) is 5.54. The topological polar surface area (TPSA) is 55.1 Å². The fourth-order valence-corrected chi connectivity index (χ4v) is 1.34. The van der Waals surface area contributed by atoms with Gasteiger partial charge in [-0.15, -0.1) is 0 Å². The molecule has 0 heterocycles. The number of hydrogen-bond acceptors (Lipinski definition) is 2. The number of amides is 1. The molecule has 0 saturated carbocycles. The Morgan fingerprint density at radius 3 is 2.50 bits per heavy atom. The van der Waals surface area contributed by atoms with Gasteiger partial charge in [0.05, 0.1) is 0 Å². The Kier molecular flexibility index (Phi) is 3.58. The first-order valence-electron chi connectivity index (χ1n) is 5.54. The summed E-state index contributed by atoms with van der Waals surface area (Å²) in [7, 11) is 0. The van der Waals surface area contributed by atoms with Gasteiger partial charge in [0, 0.05) is 16.8 Å². The molecule has 1 aromatic carbocycles. The predicted molar refractivity (Wildman–Crippen MR) is 68.3 cm³/mol. The van der Waals surface area contributed by atoms with Gasteiger partial charge in [-0.1, -0.05) is 27.7 Å². The Morgan fingerprint density at radius 1 is 1.38 bits per heavy atom.